The Morgan fingerprint density at radius 3 is 2.50 bits per heavy atom. The molecule has 3 rings (SSSR count). The first-order valence-electron chi connectivity index (χ1n) is 9.01. The topological polar surface area (TPSA) is 78.8 Å². The third kappa shape index (κ3) is 4.98. The van der Waals surface area contributed by atoms with Crippen molar-refractivity contribution in [2.45, 2.75) is 24.7 Å². The van der Waals surface area contributed by atoms with Crippen LogP contribution in [0.1, 0.15) is 24.0 Å². The molecule has 148 valence electrons. The molecule has 0 aromatic heterocycles. The molecule has 1 aliphatic heterocycles. The summed E-state index contributed by atoms with van der Waals surface area (Å²) in [6.45, 7) is 2.54. The summed E-state index contributed by atoms with van der Waals surface area (Å²) in [5.41, 5.74) is 4.32. The number of aryl methyl sites for hydroxylation is 1. The number of carbonyl (C=O) groups excluding carboxylic acids is 1. The van der Waals surface area contributed by atoms with E-state index >= 15 is 0 Å². The smallest absolute Gasteiger partial charge is 0.243 e. The lowest BCUT2D eigenvalue weighted by Crippen LogP contribution is -2.42. The van der Waals surface area contributed by atoms with Crippen LogP contribution in [-0.4, -0.2) is 37.9 Å². The Morgan fingerprint density at radius 2 is 1.86 bits per heavy atom. The molecule has 2 aromatic rings. The second-order valence-electron chi connectivity index (χ2n) is 6.78. The van der Waals surface area contributed by atoms with Crippen LogP contribution in [0.25, 0.3) is 0 Å². The maximum Gasteiger partial charge on any atom is 0.243 e. The standard InChI is InChI=1S/C20H22ClN3O3S/c1-15-5-7-19(8-6-15)28(26,27)24-11-9-17(10-12-24)20(25)23-22-14-16-3-2-4-18(21)13-16/h2-8,13-14,17H,9-12H2,1H3,(H,23,25). The van der Waals surface area contributed by atoms with Gasteiger partial charge in [-0.1, -0.05) is 41.4 Å². The highest BCUT2D eigenvalue weighted by molar-refractivity contribution is 7.89. The summed E-state index contributed by atoms with van der Waals surface area (Å²) >= 11 is 5.91. The summed E-state index contributed by atoms with van der Waals surface area (Å²) in [5, 5.41) is 4.56. The van der Waals surface area contributed by atoms with Gasteiger partial charge in [0.1, 0.15) is 0 Å². The number of hydrazone groups is 1. The van der Waals surface area contributed by atoms with Gasteiger partial charge in [0, 0.05) is 24.0 Å². The lowest BCUT2D eigenvalue weighted by Gasteiger charge is -2.30. The minimum atomic E-state index is -3.53. The quantitative estimate of drug-likeness (QED) is 0.597. The summed E-state index contributed by atoms with van der Waals surface area (Å²) in [7, 11) is -3.53. The van der Waals surface area contributed by atoms with E-state index in [9.17, 15) is 13.2 Å². The number of nitrogens with one attached hydrogen (secondary N) is 1. The van der Waals surface area contributed by atoms with Gasteiger partial charge in [0.15, 0.2) is 0 Å². The lowest BCUT2D eigenvalue weighted by molar-refractivity contribution is -0.126. The number of hydrogen-bond donors (Lipinski definition) is 1. The van der Waals surface area contributed by atoms with Gasteiger partial charge in [-0.3, -0.25) is 4.79 Å². The minimum absolute atomic E-state index is 0.203. The predicted molar refractivity (Wildman–Crippen MR) is 110 cm³/mol. The number of halogens is 1. The molecule has 1 saturated heterocycles. The summed E-state index contributed by atoms with van der Waals surface area (Å²) in [5.74, 6) is -0.466. The van der Waals surface area contributed by atoms with Crippen molar-refractivity contribution in [3.05, 3.63) is 64.7 Å². The van der Waals surface area contributed by atoms with Gasteiger partial charge in [-0.05, 0) is 49.6 Å². The molecule has 0 radical (unpaired) electrons. The van der Waals surface area contributed by atoms with E-state index in [1.165, 1.54) is 10.5 Å². The molecule has 1 heterocycles. The first kappa shape index (κ1) is 20.5. The Balaban J connectivity index is 1.54. The Hall–Kier alpha value is -2.22. The number of benzene rings is 2. The molecule has 0 saturated carbocycles. The molecular formula is C20H22ClN3O3S. The number of nitrogens with zero attached hydrogens (tertiary/aromatic N) is 2. The minimum Gasteiger partial charge on any atom is -0.273 e. The molecule has 1 fully saturated rings. The van der Waals surface area contributed by atoms with Gasteiger partial charge in [0.2, 0.25) is 15.9 Å². The molecule has 0 bridgehead atoms. The van der Waals surface area contributed by atoms with Crippen LogP contribution in [0.5, 0.6) is 0 Å². The molecule has 28 heavy (non-hydrogen) atoms. The van der Waals surface area contributed by atoms with Crippen LogP contribution in [0, 0.1) is 12.8 Å². The summed E-state index contributed by atoms with van der Waals surface area (Å²) < 4.78 is 26.9. The number of sulfonamides is 1. The molecule has 0 spiro atoms. The monoisotopic (exact) mass is 419 g/mol. The van der Waals surface area contributed by atoms with E-state index in [0.29, 0.717) is 31.0 Å². The van der Waals surface area contributed by atoms with Crippen molar-refractivity contribution in [2.75, 3.05) is 13.1 Å². The normalized spacial score (nSPS) is 16.4. The van der Waals surface area contributed by atoms with E-state index in [4.69, 9.17) is 11.6 Å². The van der Waals surface area contributed by atoms with Crippen molar-refractivity contribution in [1.82, 2.24) is 9.73 Å². The first-order valence-corrected chi connectivity index (χ1v) is 10.8. The lowest BCUT2D eigenvalue weighted by atomic mass is 9.98. The van der Waals surface area contributed by atoms with Crippen LogP contribution in [0.15, 0.2) is 58.5 Å². The molecule has 0 atom stereocenters. The number of carbonyl (C=O) groups is 1. The maximum atomic E-state index is 12.7. The predicted octanol–water partition coefficient (Wildman–Crippen LogP) is 3.20. The highest BCUT2D eigenvalue weighted by atomic mass is 35.5. The van der Waals surface area contributed by atoms with Crippen LogP contribution in [0.3, 0.4) is 0 Å². The number of rotatable bonds is 5. The molecule has 0 aliphatic carbocycles. The molecule has 1 N–H and O–H groups in total. The highest BCUT2D eigenvalue weighted by Crippen LogP contribution is 2.24. The number of piperidine rings is 1. The fourth-order valence-corrected chi connectivity index (χ4v) is 4.73. The fraction of sp³-hybridized carbons (Fsp3) is 0.300. The van der Waals surface area contributed by atoms with Crippen LogP contribution in [-0.2, 0) is 14.8 Å². The van der Waals surface area contributed by atoms with Crippen molar-refractivity contribution in [1.29, 1.82) is 0 Å². The van der Waals surface area contributed by atoms with E-state index in [-0.39, 0.29) is 16.7 Å². The van der Waals surface area contributed by atoms with E-state index in [1.807, 2.05) is 13.0 Å². The number of amides is 1. The Labute approximate surface area is 170 Å². The second kappa shape index (κ2) is 8.86. The third-order valence-electron chi connectivity index (χ3n) is 4.72. The van der Waals surface area contributed by atoms with Gasteiger partial charge in [-0.25, -0.2) is 13.8 Å². The van der Waals surface area contributed by atoms with Crippen LogP contribution in [0.4, 0.5) is 0 Å². The zero-order valence-corrected chi connectivity index (χ0v) is 17.1. The average Bonchev–Trinajstić information content (AvgIpc) is 2.68. The van der Waals surface area contributed by atoms with Crippen molar-refractivity contribution in [2.24, 2.45) is 11.0 Å². The summed E-state index contributed by atoms with van der Waals surface area (Å²) in [6.07, 6.45) is 2.45. The van der Waals surface area contributed by atoms with E-state index in [1.54, 1.807) is 42.5 Å². The van der Waals surface area contributed by atoms with Gasteiger partial charge < -0.3 is 0 Å². The summed E-state index contributed by atoms with van der Waals surface area (Å²) in [6, 6.07) is 13.9. The highest BCUT2D eigenvalue weighted by Gasteiger charge is 2.31. The van der Waals surface area contributed by atoms with Crippen molar-refractivity contribution in [3.63, 3.8) is 0 Å². The van der Waals surface area contributed by atoms with Crippen molar-refractivity contribution in [3.8, 4) is 0 Å². The Morgan fingerprint density at radius 1 is 1.18 bits per heavy atom. The van der Waals surface area contributed by atoms with Crippen LogP contribution in [0.2, 0.25) is 5.02 Å². The fourth-order valence-electron chi connectivity index (χ4n) is 3.07. The van der Waals surface area contributed by atoms with Gasteiger partial charge in [-0.2, -0.15) is 9.41 Å². The zero-order chi connectivity index (χ0) is 20.1. The SMILES string of the molecule is Cc1ccc(S(=O)(=O)N2CCC(C(=O)NN=Cc3cccc(Cl)c3)CC2)cc1. The van der Waals surface area contributed by atoms with E-state index in [0.717, 1.165) is 11.1 Å². The maximum absolute atomic E-state index is 12.7. The molecule has 0 unspecified atom stereocenters. The Bertz CT molecular complexity index is 966. The van der Waals surface area contributed by atoms with Crippen LogP contribution >= 0.6 is 11.6 Å². The van der Waals surface area contributed by atoms with Crippen molar-refractivity contribution < 1.29 is 13.2 Å². The third-order valence-corrected chi connectivity index (χ3v) is 6.87. The molecular weight excluding hydrogens is 398 g/mol. The van der Waals surface area contributed by atoms with Crippen molar-refractivity contribution >= 4 is 33.7 Å². The Kier molecular flexibility index (Phi) is 6.49. The van der Waals surface area contributed by atoms with Gasteiger partial charge in [0.25, 0.3) is 0 Å². The number of hydrogen-bond acceptors (Lipinski definition) is 4. The largest absolute Gasteiger partial charge is 0.273 e. The van der Waals surface area contributed by atoms with E-state index < -0.39 is 10.0 Å². The second-order valence-corrected chi connectivity index (χ2v) is 9.16. The first-order chi connectivity index (χ1) is 13.4. The molecule has 1 aliphatic rings. The molecule has 2 aromatic carbocycles. The van der Waals surface area contributed by atoms with E-state index in [2.05, 4.69) is 10.5 Å². The van der Waals surface area contributed by atoms with Gasteiger partial charge >= 0.3 is 0 Å². The van der Waals surface area contributed by atoms with Gasteiger partial charge in [0.05, 0.1) is 11.1 Å². The van der Waals surface area contributed by atoms with Crippen LogP contribution < -0.4 is 5.43 Å². The molecule has 1 amide bonds. The summed E-state index contributed by atoms with van der Waals surface area (Å²) in [4.78, 5) is 12.6. The zero-order valence-electron chi connectivity index (χ0n) is 15.5. The molecule has 6 nitrogen and oxygen atoms in total. The van der Waals surface area contributed by atoms with Gasteiger partial charge in [-0.15, -0.1) is 0 Å². The molecule has 8 heteroatoms. The average molecular weight is 420 g/mol.